The summed E-state index contributed by atoms with van der Waals surface area (Å²) >= 11 is 6.12. The van der Waals surface area contributed by atoms with Gasteiger partial charge < -0.3 is 9.30 Å². The highest BCUT2D eigenvalue weighted by Gasteiger charge is 2.16. The van der Waals surface area contributed by atoms with Crippen molar-refractivity contribution in [3.63, 3.8) is 0 Å². The van der Waals surface area contributed by atoms with Gasteiger partial charge in [-0.15, -0.1) is 0 Å². The Balaban J connectivity index is 2.71. The lowest BCUT2D eigenvalue weighted by Gasteiger charge is -2.09. The summed E-state index contributed by atoms with van der Waals surface area (Å²) in [6, 6.07) is 5.75. The Kier molecular flexibility index (Phi) is 3.26. The van der Waals surface area contributed by atoms with Crippen molar-refractivity contribution in [2.45, 2.75) is 6.92 Å². The molecular formula is C13H12ClN3O. The summed E-state index contributed by atoms with van der Waals surface area (Å²) < 4.78 is 7.00. The Morgan fingerprint density at radius 1 is 1.44 bits per heavy atom. The zero-order chi connectivity index (χ0) is 13.3. The van der Waals surface area contributed by atoms with E-state index >= 15 is 0 Å². The molecule has 0 N–H and O–H groups in total. The number of hydrogen-bond donors (Lipinski definition) is 0. The van der Waals surface area contributed by atoms with E-state index in [1.165, 1.54) is 0 Å². The SMILES string of the molecule is COc1cc(C)c(Cl)cc1-c1ncn(C)c1C#N. The van der Waals surface area contributed by atoms with E-state index in [0.717, 1.165) is 11.1 Å². The van der Waals surface area contributed by atoms with Crippen molar-refractivity contribution in [3.05, 3.63) is 34.7 Å². The summed E-state index contributed by atoms with van der Waals surface area (Å²) in [4.78, 5) is 4.24. The fourth-order valence-corrected chi connectivity index (χ4v) is 1.93. The van der Waals surface area contributed by atoms with Gasteiger partial charge in [0, 0.05) is 17.6 Å². The van der Waals surface area contributed by atoms with E-state index in [2.05, 4.69) is 11.1 Å². The Labute approximate surface area is 110 Å². The van der Waals surface area contributed by atoms with Crippen molar-refractivity contribution in [2.24, 2.45) is 7.05 Å². The van der Waals surface area contributed by atoms with E-state index in [1.54, 1.807) is 31.1 Å². The summed E-state index contributed by atoms with van der Waals surface area (Å²) in [5.74, 6) is 0.659. The molecule has 0 aliphatic carbocycles. The molecule has 0 atom stereocenters. The highest BCUT2D eigenvalue weighted by Crippen LogP contribution is 2.35. The average Bonchev–Trinajstić information content (AvgIpc) is 2.73. The Morgan fingerprint density at radius 2 is 2.17 bits per heavy atom. The summed E-state index contributed by atoms with van der Waals surface area (Å²) in [5.41, 5.74) is 2.71. The maximum atomic E-state index is 9.15. The van der Waals surface area contributed by atoms with Crippen LogP contribution in [0.2, 0.25) is 5.02 Å². The van der Waals surface area contributed by atoms with Gasteiger partial charge in [0.05, 0.1) is 13.4 Å². The van der Waals surface area contributed by atoms with Crippen molar-refractivity contribution in [1.82, 2.24) is 9.55 Å². The van der Waals surface area contributed by atoms with Gasteiger partial charge in [-0.3, -0.25) is 0 Å². The second-order valence-electron chi connectivity index (χ2n) is 3.97. The van der Waals surface area contributed by atoms with Crippen LogP contribution in [-0.2, 0) is 7.05 Å². The van der Waals surface area contributed by atoms with E-state index in [4.69, 9.17) is 21.6 Å². The van der Waals surface area contributed by atoms with E-state index in [-0.39, 0.29) is 0 Å². The number of aryl methyl sites for hydroxylation is 2. The number of methoxy groups -OCH3 is 1. The third-order valence-electron chi connectivity index (χ3n) is 2.78. The van der Waals surface area contributed by atoms with Gasteiger partial charge in [-0.25, -0.2) is 4.98 Å². The number of aromatic nitrogens is 2. The third-order valence-corrected chi connectivity index (χ3v) is 3.19. The number of hydrogen-bond acceptors (Lipinski definition) is 3. The van der Waals surface area contributed by atoms with Gasteiger partial charge in [-0.2, -0.15) is 5.26 Å². The lowest BCUT2D eigenvalue weighted by molar-refractivity contribution is 0.416. The minimum Gasteiger partial charge on any atom is -0.496 e. The first-order valence-electron chi connectivity index (χ1n) is 5.34. The largest absolute Gasteiger partial charge is 0.496 e. The van der Waals surface area contributed by atoms with Crippen LogP contribution in [-0.4, -0.2) is 16.7 Å². The van der Waals surface area contributed by atoms with Crippen LogP contribution in [0.3, 0.4) is 0 Å². The van der Waals surface area contributed by atoms with Gasteiger partial charge >= 0.3 is 0 Å². The molecule has 4 nitrogen and oxygen atoms in total. The summed E-state index contributed by atoms with van der Waals surface area (Å²) in [6.07, 6.45) is 1.60. The zero-order valence-corrected chi connectivity index (χ0v) is 11.1. The third kappa shape index (κ3) is 1.93. The molecule has 5 heteroatoms. The van der Waals surface area contributed by atoms with Crippen LogP contribution in [0.15, 0.2) is 18.5 Å². The monoisotopic (exact) mass is 261 g/mol. The van der Waals surface area contributed by atoms with Gasteiger partial charge in [0.15, 0.2) is 0 Å². The smallest absolute Gasteiger partial charge is 0.147 e. The molecule has 2 rings (SSSR count). The van der Waals surface area contributed by atoms with Crippen LogP contribution in [0.4, 0.5) is 0 Å². The topological polar surface area (TPSA) is 50.8 Å². The van der Waals surface area contributed by atoms with Crippen molar-refractivity contribution < 1.29 is 4.74 Å². The Hall–Kier alpha value is -1.99. The highest BCUT2D eigenvalue weighted by atomic mass is 35.5. The fraction of sp³-hybridized carbons (Fsp3) is 0.231. The van der Waals surface area contributed by atoms with Crippen molar-refractivity contribution in [3.8, 4) is 23.1 Å². The second kappa shape index (κ2) is 4.71. The number of nitriles is 1. The first-order valence-corrected chi connectivity index (χ1v) is 5.72. The molecular weight excluding hydrogens is 250 g/mol. The average molecular weight is 262 g/mol. The predicted octanol–water partition coefficient (Wildman–Crippen LogP) is 2.93. The van der Waals surface area contributed by atoms with Gasteiger partial charge in [0.2, 0.25) is 0 Å². The van der Waals surface area contributed by atoms with Gasteiger partial charge in [0.25, 0.3) is 0 Å². The molecule has 0 unspecified atom stereocenters. The van der Waals surface area contributed by atoms with Crippen LogP contribution in [0.25, 0.3) is 11.3 Å². The second-order valence-corrected chi connectivity index (χ2v) is 4.37. The molecule has 0 fully saturated rings. The zero-order valence-electron chi connectivity index (χ0n) is 10.4. The standard InChI is InChI=1S/C13H12ClN3O/c1-8-4-12(18-3)9(5-10(8)14)13-11(6-15)17(2)7-16-13/h4-5,7H,1-3H3. The fourth-order valence-electron chi connectivity index (χ4n) is 1.77. The molecule has 0 saturated heterocycles. The molecule has 92 valence electrons. The molecule has 2 aromatic rings. The van der Waals surface area contributed by atoms with E-state index in [9.17, 15) is 0 Å². The van der Waals surface area contributed by atoms with Crippen molar-refractivity contribution in [2.75, 3.05) is 7.11 Å². The molecule has 0 aliphatic heterocycles. The molecule has 0 radical (unpaired) electrons. The molecule has 0 spiro atoms. The van der Waals surface area contributed by atoms with E-state index in [1.807, 2.05) is 13.0 Å². The van der Waals surface area contributed by atoms with Gasteiger partial charge in [0.1, 0.15) is 23.2 Å². The number of rotatable bonds is 2. The maximum absolute atomic E-state index is 9.15. The van der Waals surface area contributed by atoms with Crippen molar-refractivity contribution >= 4 is 11.6 Å². The first kappa shape index (κ1) is 12.5. The molecule has 1 aromatic heterocycles. The molecule has 0 saturated carbocycles. The predicted molar refractivity (Wildman–Crippen MR) is 69.7 cm³/mol. The van der Waals surface area contributed by atoms with E-state index < -0.39 is 0 Å². The minimum atomic E-state index is 0.480. The van der Waals surface area contributed by atoms with Crippen LogP contribution in [0.1, 0.15) is 11.3 Å². The van der Waals surface area contributed by atoms with Gasteiger partial charge in [-0.1, -0.05) is 11.6 Å². The molecule has 18 heavy (non-hydrogen) atoms. The van der Waals surface area contributed by atoms with Crippen LogP contribution >= 0.6 is 11.6 Å². The van der Waals surface area contributed by atoms with Crippen LogP contribution in [0.5, 0.6) is 5.75 Å². The van der Waals surface area contributed by atoms with Crippen LogP contribution in [0, 0.1) is 18.3 Å². The molecule has 0 amide bonds. The minimum absolute atomic E-state index is 0.480. The summed E-state index contributed by atoms with van der Waals surface area (Å²) in [5, 5.41) is 9.78. The summed E-state index contributed by atoms with van der Waals surface area (Å²) in [6.45, 7) is 1.90. The first-order chi connectivity index (χ1) is 8.58. The molecule has 1 aromatic carbocycles. The number of halogens is 1. The molecule has 1 heterocycles. The highest BCUT2D eigenvalue weighted by molar-refractivity contribution is 6.31. The lowest BCUT2D eigenvalue weighted by atomic mass is 10.1. The maximum Gasteiger partial charge on any atom is 0.147 e. The van der Waals surface area contributed by atoms with E-state index in [0.29, 0.717) is 22.2 Å². The number of benzene rings is 1. The van der Waals surface area contributed by atoms with Gasteiger partial charge in [-0.05, 0) is 24.6 Å². The summed E-state index contributed by atoms with van der Waals surface area (Å²) in [7, 11) is 3.36. The van der Waals surface area contributed by atoms with Crippen LogP contribution < -0.4 is 4.74 Å². The molecule has 0 bridgehead atoms. The lowest BCUT2D eigenvalue weighted by Crippen LogP contribution is -1.94. The Morgan fingerprint density at radius 3 is 2.78 bits per heavy atom. The van der Waals surface area contributed by atoms with Crippen molar-refractivity contribution in [1.29, 1.82) is 5.26 Å². The Bertz CT molecular complexity index is 640. The molecule has 0 aliphatic rings. The normalized spacial score (nSPS) is 10.2. The number of nitrogens with zero attached hydrogens (tertiary/aromatic N) is 3. The quantitative estimate of drug-likeness (QED) is 0.835. The number of imidazole rings is 1. The number of ether oxygens (including phenoxy) is 1.